The number of aliphatic hydroxyl groups is 1. The Morgan fingerprint density at radius 1 is 0.289 bits per heavy atom. The highest BCUT2D eigenvalue weighted by atomic mass is 16.5. The van der Waals surface area contributed by atoms with Gasteiger partial charge in [0.05, 0.1) is 13.2 Å². The predicted octanol–water partition coefficient (Wildman–Crippen LogP) is 14.1. The van der Waals surface area contributed by atoms with Gasteiger partial charge in [-0.2, -0.15) is 0 Å². The van der Waals surface area contributed by atoms with Crippen LogP contribution in [0.2, 0.25) is 0 Å². The Kier molecular flexibility index (Phi) is 41.8. The second-order valence-corrected chi connectivity index (χ2v) is 14.5. The maximum atomic E-state index is 10.1. The third-order valence-corrected chi connectivity index (χ3v) is 9.65. The lowest BCUT2D eigenvalue weighted by Crippen LogP contribution is -2.22. The Hall–Kier alpha value is -0.120. The molecule has 0 fully saturated rings. The van der Waals surface area contributed by atoms with Crippen LogP contribution in [-0.4, -0.2) is 37.6 Å². The topological polar surface area (TPSA) is 38.7 Å². The average Bonchev–Trinajstić information content (AvgIpc) is 3.05. The van der Waals surface area contributed by atoms with E-state index in [4.69, 9.17) is 9.47 Å². The number of aliphatic hydroxyl groups excluding tert-OH is 1. The van der Waals surface area contributed by atoms with E-state index in [0.29, 0.717) is 13.2 Å². The zero-order chi connectivity index (χ0) is 32.6. The molecule has 0 aromatic heterocycles. The van der Waals surface area contributed by atoms with Crippen LogP contribution in [0.4, 0.5) is 0 Å². The zero-order valence-corrected chi connectivity index (χ0v) is 31.4. The zero-order valence-electron chi connectivity index (χ0n) is 31.4. The highest BCUT2D eigenvalue weighted by Gasteiger charge is 2.04. The molecule has 3 heteroatoms. The van der Waals surface area contributed by atoms with Gasteiger partial charge in [0.15, 0.2) is 0 Å². The molecule has 1 N–H and O–H groups in total. The van der Waals surface area contributed by atoms with Crippen molar-refractivity contribution in [2.45, 2.75) is 245 Å². The van der Waals surface area contributed by atoms with E-state index in [1.54, 1.807) is 0 Å². The number of ether oxygens (including phenoxy) is 2. The van der Waals surface area contributed by atoms with Gasteiger partial charge in [0, 0.05) is 13.2 Å². The van der Waals surface area contributed by atoms with E-state index in [1.807, 2.05) is 0 Å². The molecule has 45 heavy (non-hydrogen) atoms. The fraction of sp³-hybridized carbons (Fsp3) is 1.00. The number of unbranched alkanes of at least 4 members (excludes halogenated alkanes) is 33. The van der Waals surface area contributed by atoms with Gasteiger partial charge in [-0.1, -0.05) is 226 Å². The van der Waals surface area contributed by atoms with Crippen LogP contribution in [0.3, 0.4) is 0 Å². The molecule has 0 aromatic rings. The Morgan fingerprint density at radius 2 is 0.467 bits per heavy atom. The van der Waals surface area contributed by atoms with Crippen molar-refractivity contribution in [1.82, 2.24) is 0 Å². The predicted molar refractivity (Wildman–Crippen MR) is 201 cm³/mol. The molecule has 0 saturated heterocycles. The Bertz CT molecular complexity index is 496. The summed E-state index contributed by atoms with van der Waals surface area (Å²) in [5.41, 5.74) is 0. The summed E-state index contributed by atoms with van der Waals surface area (Å²) in [6.45, 7) is 6.97. The minimum Gasteiger partial charge on any atom is -0.388 e. The van der Waals surface area contributed by atoms with E-state index in [2.05, 4.69) is 13.8 Å². The van der Waals surface area contributed by atoms with Crippen LogP contribution < -0.4 is 0 Å². The van der Waals surface area contributed by atoms with Crippen LogP contribution in [0.1, 0.15) is 239 Å². The molecule has 3 nitrogen and oxygen atoms in total. The maximum Gasteiger partial charge on any atom is 0.101 e. The molecule has 1 unspecified atom stereocenters. The molecule has 0 bridgehead atoms. The summed E-state index contributed by atoms with van der Waals surface area (Å²) in [7, 11) is 0. The monoisotopic (exact) mass is 639 g/mol. The average molecular weight is 639 g/mol. The second-order valence-electron chi connectivity index (χ2n) is 14.5. The molecule has 0 aliphatic carbocycles. The van der Waals surface area contributed by atoms with Gasteiger partial charge in [0.2, 0.25) is 0 Å². The third-order valence-electron chi connectivity index (χ3n) is 9.65. The van der Waals surface area contributed by atoms with Crippen molar-refractivity contribution in [3.8, 4) is 0 Å². The van der Waals surface area contributed by atoms with E-state index >= 15 is 0 Å². The van der Waals surface area contributed by atoms with E-state index in [1.165, 1.54) is 212 Å². The second kappa shape index (κ2) is 41.9. The van der Waals surface area contributed by atoms with Gasteiger partial charge in [-0.15, -0.1) is 0 Å². The van der Waals surface area contributed by atoms with Crippen molar-refractivity contribution in [2.75, 3.05) is 26.4 Å². The third kappa shape index (κ3) is 41.9. The lowest BCUT2D eigenvalue weighted by molar-refractivity contribution is -0.0201. The van der Waals surface area contributed by atoms with Crippen LogP contribution >= 0.6 is 0 Å². The summed E-state index contributed by atoms with van der Waals surface area (Å²) >= 11 is 0. The maximum absolute atomic E-state index is 10.1. The van der Waals surface area contributed by atoms with Crippen molar-refractivity contribution in [1.29, 1.82) is 0 Å². The molecule has 272 valence electrons. The number of hydrogen-bond acceptors (Lipinski definition) is 3. The normalized spacial score (nSPS) is 12.3. The largest absolute Gasteiger partial charge is 0.388 e. The van der Waals surface area contributed by atoms with Crippen molar-refractivity contribution < 1.29 is 14.6 Å². The lowest BCUT2D eigenvalue weighted by Gasteiger charge is -2.12. The molecule has 0 rings (SSSR count). The SMILES string of the molecule is CCCCCCCCCCCCCCCCCCCCOCC(O)COCCCCCCCCCCCCCCCCCCC. The van der Waals surface area contributed by atoms with Gasteiger partial charge in [0.25, 0.3) is 0 Å². The van der Waals surface area contributed by atoms with Crippen molar-refractivity contribution in [3.05, 3.63) is 0 Å². The molecule has 0 heterocycles. The molecule has 0 spiro atoms. The fourth-order valence-corrected chi connectivity index (χ4v) is 6.52. The highest BCUT2D eigenvalue weighted by Crippen LogP contribution is 2.16. The molecule has 1 atom stereocenters. The first-order valence-corrected chi connectivity index (χ1v) is 21.1. The molecular formula is C42H86O3. The standard InChI is InChI=1S/C42H86O3/c1-3-5-7-9-11-13-15-17-19-21-23-25-27-29-31-33-35-37-39-45-41-42(43)40-44-38-36-34-32-30-28-26-24-22-20-18-16-14-12-10-8-6-4-2/h42-43H,3-41H2,1-2H3. The van der Waals surface area contributed by atoms with Crippen molar-refractivity contribution in [3.63, 3.8) is 0 Å². The quantitative estimate of drug-likeness (QED) is 0.0677. The summed E-state index contributed by atoms with van der Waals surface area (Å²) in [6, 6.07) is 0. The smallest absolute Gasteiger partial charge is 0.101 e. The van der Waals surface area contributed by atoms with Gasteiger partial charge in [-0.3, -0.25) is 0 Å². The molecular weight excluding hydrogens is 552 g/mol. The Morgan fingerprint density at radius 3 is 0.667 bits per heavy atom. The van der Waals surface area contributed by atoms with Crippen LogP contribution in [-0.2, 0) is 9.47 Å². The first-order valence-electron chi connectivity index (χ1n) is 21.1. The molecule has 0 aliphatic heterocycles. The lowest BCUT2D eigenvalue weighted by atomic mass is 10.0. The minimum atomic E-state index is -0.480. The van der Waals surface area contributed by atoms with Crippen molar-refractivity contribution >= 4 is 0 Å². The number of rotatable bonds is 41. The van der Waals surface area contributed by atoms with Crippen LogP contribution in [0.5, 0.6) is 0 Å². The summed E-state index contributed by atoms with van der Waals surface area (Å²) in [6.07, 6.45) is 48.4. The molecule has 0 aliphatic rings. The van der Waals surface area contributed by atoms with Crippen LogP contribution in [0.15, 0.2) is 0 Å². The van der Waals surface area contributed by atoms with Crippen LogP contribution in [0, 0.1) is 0 Å². The van der Waals surface area contributed by atoms with Gasteiger partial charge < -0.3 is 14.6 Å². The van der Waals surface area contributed by atoms with E-state index in [9.17, 15) is 5.11 Å². The van der Waals surface area contributed by atoms with E-state index in [-0.39, 0.29) is 0 Å². The van der Waals surface area contributed by atoms with E-state index < -0.39 is 6.10 Å². The first-order chi connectivity index (χ1) is 22.3. The number of hydrogen-bond donors (Lipinski definition) is 1. The fourth-order valence-electron chi connectivity index (χ4n) is 6.52. The Labute approximate surface area is 285 Å². The summed E-state index contributed by atoms with van der Waals surface area (Å²) in [5, 5.41) is 10.1. The summed E-state index contributed by atoms with van der Waals surface area (Å²) in [4.78, 5) is 0. The van der Waals surface area contributed by atoms with Gasteiger partial charge in [0.1, 0.15) is 6.10 Å². The summed E-state index contributed by atoms with van der Waals surface area (Å²) in [5.74, 6) is 0. The first kappa shape index (κ1) is 44.9. The van der Waals surface area contributed by atoms with E-state index in [0.717, 1.165) is 26.1 Å². The molecule has 0 saturated carbocycles. The molecule has 0 radical (unpaired) electrons. The van der Waals surface area contributed by atoms with Crippen molar-refractivity contribution in [2.24, 2.45) is 0 Å². The minimum absolute atomic E-state index is 0.415. The Balaban J connectivity index is 3.13. The van der Waals surface area contributed by atoms with Gasteiger partial charge in [-0.25, -0.2) is 0 Å². The van der Waals surface area contributed by atoms with Gasteiger partial charge >= 0.3 is 0 Å². The summed E-state index contributed by atoms with van der Waals surface area (Å²) < 4.78 is 11.4. The van der Waals surface area contributed by atoms with Gasteiger partial charge in [-0.05, 0) is 12.8 Å². The molecule has 0 aromatic carbocycles. The molecule has 0 amide bonds. The van der Waals surface area contributed by atoms with Crippen LogP contribution in [0.25, 0.3) is 0 Å². The highest BCUT2D eigenvalue weighted by molar-refractivity contribution is 4.54.